The number of halogens is 3. The fourth-order valence-corrected chi connectivity index (χ4v) is 2.13. The van der Waals surface area contributed by atoms with Crippen molar-refractivity contribution >= 4 is 0 Å². The average molecular weight is 279 g/mol. The first-order valence-corrected chi connectivity index (χ1v) is 6.48. The molecule has 2 rings (SSSR count). The molecule has 0 aromatic heterocycles. The summed E-state index contributed by atoms with van der Waals surface area (Å²) in [6, 6.07) is 9.23. The van der Waals surface area contributed by atoms with Gasteiger partial charge in [-0.2, -0.15) is 0 Å². The van der Waals surface area contributed by atoms with Gasteiger partial charge in [0, 0.05) is 5.56 Å². The maximum atomic E-state index is 13.9. The molecule has 0 spiro atoms. The van der Waals surface area contributed by atoms with Crippen molar-refractivity contribution in [2.75, 3.05) is 6.54 Å². The van der Waals surface area contributed by atoms with Crippen LogP contribution in [0, 0.1) is 24.4 Å². The van der Waals surface area contributed by atoms with E-state index in [1.807, 2.05) is 38.1 Å². The topological polar surface area (TPSA) is 12.0 Å². The van der Waals surface area contributed by atoms with Crippen molar-refractivity contribution < 1.29 is 13.2 Å². The Balaban J connectivity index is 2.48. The molecule has 20 heavy (non-hydrogen) atoms. The third-order valence-corrected chi connectivity index (χ3v) is 3.19. The van der Waals surface area contributed by atoms with Crippen molar-refractivity contribution in [1.29, 1.82) is 0 Å². The van der Waals surface area contributed by atoms with Gasteiger partial charge in [-0.1, -0.05) is 42.8 Å². The standard InChI is InChI=1S/C16H16F3N/c1-3-20-16(11-6-4-10(2)5-7-11)12-8-9-13(17)15(19)14(12)18/h4-9,16,20H,3H2,1-2H3. The summed E-state index contributed by atoms with van der Waals surface area (Å²) < 4.78 is 40.4. The number of aryl methyl sites for hydroxylation is 1. The maximum absolute atomic E-state index is 13.9. The molecule has 2 aromatic carbocycles. The molecule has 0 bridgehead atoms. The molecule has 1 nitrogen and oxygen atoms in total. The predicted octanol–water partition coefficient (Wildman–Crippen LogP) is 4.11. The van der Waals surface area contributed by atoms with Crippen molar-refractivity contribution in [3.63, 3.8) is 0 Å². The molecule has 106 valence electrons. The average Bonchev–Trinajstić information content (AvgIpc) is 2.44. The Kier molecular flexibility index (Phi) is 4.45. The number of hydrogen-bond donors (Lipinski definition) is 1. The van der Waals surface area contributed by atoms with Gasteiger partial charge in [-0.3, -0.25) is 0 Å². The monoisotopic (exact) mass is 279 g/mol. The third-order valence-electron chi connectivity index (χ3n) is 3.19. The van der Waals surface area contributed by atoms with E-state index in [1.165, 1.54) is 6.07 Å². The van der Waals surface area contributed by atoms with E-state index in [4.69, 9.17) is 0 Å². The molecule has 1 atom stereocenters. The zero-order valence-corrected chi connectivity index (χ0v) is 11.4. The fourth-order valence-electron chi connectivity index (χ4n) is 2.13. The van der Waals surface area contributed by atoms with Gasteiger partial charge in [-0.25, -0.2) is 13.2 Å². The number of rotatable bonds is 4. The van der Waals surface area contributed by atoms with Crippen molar-refractivity contribution in [2.45, 2.75) is 19.9 Å². The molecule has 4 heteroatoms. The van der Waals surface area contributed by atoms with Crippen LogP contribution in [0.2, 0.25) is 0 Å². The first-order valence-electron chi connectivity index (χ1n) is 6.48. The first kappa shape index (κ1) is 14.6. The predicted molar refractivity (Wildman–Crippen MR) is 73.0 cm³/mol. The minimum Gasteiger partial charge on any atom is -0.306 e. The molecule has 0 aliphatic carbocycles. The van der Waals surface area contributed by atoms with Crippen LogP contribution in [0.1, 0.15) is 29.7 Å². The van der Waals surface area contributed by atoms with E-state index in [0.29, 0.717) is 6.54 Å². The van der Waals surface area contributed by atoms with Crippen LogP contribution in [-0.4, -0.2) is 6.54 Å². The molecule has 0 heterocycles. The SMILES string of the molecule is CCNC(c1ccc(C)cc1)c1ccc(F)c(F)c1F. The van der Waals surface area contributed by atoms with Crippen LogP contribution >= 0.6 is 0 Å². The first-order chi connectivity index (χ1) is 9.54. The highest BCUT2D eigenvalue weighted by atomic mass is 19.2. The Hall–Kier alpha value is -1.81. The zero-order chi connectivity index (χ0) is 14.7. The number of nitrogens with one attached hydrogen (secondary N) is 1. The van der Waals surface area contributed by atoms with E-state index in [2.05, 4.69) is 5.32 Å². The van der Waals surface area contributed by atoms with Gasteiger partial charge in [0.1, 0.15) is 0 Å². The van der Waals surface area contributed by atoms with Crippen LogP contribution in [-0.2, 0) is 0 Å². The molecule has 0 aliphatic rings. The van der Waals surface area contributed by atoms with Crippen LogP contribution in [0.4, 0.5) is 13.2 Å². The van der Waals surface area contributed by atoms with Crippen LogP contribution in [0.25, 0.3) is 0 Å². The fraction of sp³-hybridized carbons (Fsp3) is 0.250. The molecule has 0 aliphatic heterocycles. The second kappa shape index (κ2) is 6.09. The summed E-state index contributed by atoms with van der Waals surface area (Å²) in [5.41, 5.74) is 1.99. The van der Waals surface area contributed by atoms with Crippen LogP contribution in [0.5, 0.6) is 0 Å². The summed E-state index contributed by atoms with van der Waals surface area (Å²) in [5, 5.41) is 3.09. The Bertz CT molecular complexity index is 593. The lowest BCUT2D eigenvalue weighted by Crippen LogP contribution is -2.23. The minimum absolute atomic E-state index is 0.106. The van der Waals surface area contributed by atoms with Crippen LogP contribution in [0.15, 0.2) is 36.4 Å². The van der Waals surface area contributed by atoms with E-state index < -0.39 is 23.5 Å². The molecule has 0 saturated carbocycles. The summed E-state index contributed by atoms with van der Waals surface area (Å²) in [6.07, 6.45) is 0. The van der Waals surface area contributed by atoms with E-state index in [0.717, 1.165) is 17.2 Å². The summed E-state index contributed by atoms with van der Waals surface area (Å²) in [4.78, 5) is 0. The van der Waals surface area contributed by atoms with E-state index in [9.17, 15) is 13.2 Å². The van der Waals surface area contributed by atoms with E-state index in [-0.39, 0.29) is 5.56 Å². The molecular formula is C16H16F3N. The summed E-state index contributed by atoms with van der Waals surface area (Å²) >= 11 is 0. The highest BCUT2D eigenvalue weighted by Crippen LogP contribution is 2.27. The summed E-state index contributed by atoms with van der Waals surface area (Å²) in [5.74, 6) is -3.75. The maximum Gasteiger partial charge on any atom is 0.194 e. The van der Waals surface area contributed by atoms with Gasteiger partial charge >= 0.3 is 0 Å². The van der Waals surface area contributed by atoms with Crippen molar-refractivity contribution in [1.82, 2.24) is 5.32 Å². The van der Waals surface area contributed by atoms with Crippen molar-refractivity contribution in [3.8, 4) is 0 Å². The van der Waals surface area contributed by atoms with Gasteiger partial charge in [0.15, 0.2) is 17.5 Å². The number of hydrogen-bond acceptors (Lipinski definition) is 1. The van der Waals surface area contributed by atoms with Crippen LogP contribution < -0.4 is 5.32 Å². The lowest BCUT2D eigenvalue weighted by atomic mass is 9.97. The lowest BCUT2D eigenvalue weighted by molar-refractivity contribution is 0.433. The highest BCUT2D eigenvalue weighted by molar-refractivity contribution is 5.34. The quantitative estimate of drug-likeness (QED) is 0.830. The van der Waals surface area contributed by atoms with Crippen molar-refractivity contribution in [3.05, 3.63) is 70.5 Å². The molecule has 0 saturated heterocycles. The highest BCUT2D eigenvalue weighted by Gasteiger charge is 2.21. The van der Waals surface area contributed by atoms with E-state index in [1.54, 1.807) is 0 Å². The Labute approximate surface area is 116 Å². The zero-order valence-electron chi connectivity index (χ0n) is 11.4. The van der Waals surface area contributed by atoms with Crippen molar-refractivity contribution in [2.24, 2.45) is 0 Å². The molecule has 1 N–H and O–H groups in total. The minimum atomic E-state index is -1.43. The van der Waals surface area contributed by atoms with Crippen LogP contribution in [0.3, 0.4) is 0 Å². The number of benzene rings is 2. The molecular weight excluding hydrogens is 263 g/mol. The summed E-state index contributed by atoms with van der Waals surface area (Å²) in [7, 11) is 0. The van der Waals surface area contributed by atoms with Gasteiger partial charge in [-0.15, -0.1) is 0 Å². The third kappa shape index (κ3) is 2.85. The largest absolute Gasteiger partial charge is 0.306 e. The van der Waals surface area contributed by atoms with Gasteiger partial charge < -0.3 is 5.32 Å². The second-order valence-electron chi connectivity index (χ2n) is 4.67. The Morgan fingerprint density at radius 1 is 0.950 bits per heavy atom. The van der Waals surface area contributed by atoms with E-state index >= 15 is 0 Å². The Morgan fingerprint density at radius 2 is 1.60 bits per heavy atom. The summed E-state index contributed by atoms with van der Waals surface area (Å²) in [6.45, 7) is 4.40. The Morgan fingerprint density at radius 3 is 2.20 bits per heavy atom. The van der Waals surface area contributed by atoms with Gasteiger partial charge in [0.05, 0.1) is 6.04 Å². The lowest BCUT2D eigenvalue weighted by Gasteiger charge is -2.20. The smallest absolute Gasteiger partial charge is 0.194 e. The normalized spacial score (nSPS) is 12.4. The second-order valence-corrected chi connectivity index (χ2v) is 4.67. The molecule has 0 radical (unpaired) electrons. The molecule has 0 fully saturated rings. The molecule has 1 unspecified atom stereocenters. The van der Waals surface area contributed by atoms with Gasteiger partial charge in [-0.05, 0) is 25.1 Å². The van der Waals surface area contributed by atoms with Gasteiger partial charge in [0.2, 0.25) is 0 Å². The molecule has 2 aromatic rings. The van der Waals surface area contributed by atoms with Gasteiger partial charge in [0.25, 0.3) is 0 Å². The molecule has 0 amide bonds.